The van der Waals surface area contributed by atoms with E-state index in [1.54, 1.807) is 17.4 Å². The van der Waals surface area contributed by atoms with Crippen molar-refractivity contribution in [2.24, 2.45) is 5.92 Å². The molecule has 0 atom stereocenters. The van der Waals surface area contributed by atoms with Crippen LogP contribution in [0.4, 0.5) is 0 Å². The second kappa shape index (κ2) is 6.52. The van der Waals surface area contributed by atoms with Gasteiger partial charge in [0.1, 0.15) is 0 Å². The number of hydrogen-bond acceptors (Lipinski definition) is 4. The third kappa shape index (κ3) is 3.44. The third-order valence-electron chi connectivity index (χ3n) is 3.21. The smallest absolute Gasteiger partial charge is 0.273 e. The van der Waals surface area contributed by atoms with Crippen LogP contribution in [0.25, 0.3) is 10.6 Å². The molecule has 2 aromatic rings. The molecular formula is C14H18N2O2S. The lowest BCUT2D eigenvalue weighted by molar-refractivity contribution is 0.0937. The second-order valence-electron chi connectivity index (χ2n) is 4.45. The first-order chi connectivity index (χ1) is 9.24. The minimum Gasteiger partial charge on any atom is -0.355 e. The third-order valence-corrected chi connectivity index (χ3v) is 4.10. The topological polar surface area (TPSA) is 55.1 Å². The summed E-state index contributed by atoms with van der Waals surface area (Å²) in [5, 5.41) is 8.69. The summed E-state index contributed by atoms with van der Waals surface area (Å²) in [4.78, 5) is 12.9. The molecule has 0 unspecified atom stereocenters. The van der Waals surface area contributed by atoms with Gasteiger partial charge in [-0.3, -0.25) is 4.79 Å². The molecule has 0 aliphatic rings. The van der Waals surface area contributed by atoms with E-state index in [9.17, 15) is 4.79 Å². The molecule has 4 nitrogen and oxygen atoms in total. The fourth-order valence-electron chi connectivity index (χ4n) is 1.82. The molecule has 1 N–H and O–H groups in total. The summed E-state index contributed by atoms with van der Waals surface area (Å²) in [7, 11) is 0. The standard InChI is InChI=1S/C14H18N2O2S/c1-3-10(4-2)9-15-14(17)11-8-12(18-16-11)13-6-5-7-19-13/h5-8,10H,3-4,9H2,1-2H3,(H,15,17). The predicted molar refractivity (Wildman–Crippen MR) is 76.2 cm³/mol. The van der Waals surface area contributed by atoms with Crippen LogP contribution < -0.4 is 5.32 Å². The fourth-order valence-corrected chi connectivity index (χ4v) is 2.50. The van der Waals surface area contributed by atoms with E-state index >= 15 is 0 Å². The van der Waals surface area contributed by atoms with E-state index in [2.05, 4.69) is 24.3 Å². The van der Waals surface area contributed by atoms with E-state index in [0.717, 1.165) is 17.7 Å². The lowest BCUT2D eigenvalue weighted by atomic mass is 10.0. The minimum absolute atomic E-state index is 0.168. The van der Waals surface area contributed by atoms with Gasteiger partial charge in [0.25, 0.3) is 5.91 Å². The highest BCUT2D eigenvalue weighted by Crippen LogP contribution is 2.25. The van der Waals surface area contributed by atoms with Gasteiger partial charge in [0.15, 0.2) is 11.5 Å². The predicted octanol–water partition coefficient (Wildman–Crippen LogP) is 3.57. The molecule has 0 spiro atoms. The highest BCUT2D eigenvalue weighted by molar-refractivity contribution is 7.13. The first kappa shape index (κ1) is 13.8. The van der Waals surface area contributed by atoms with Crippen LogP contribution in [0, 0.1) is 5.92 Å². The van der Waals surface area contributed by atoms with Crippen LogP contribution in [-0.2, 0) is 0 Å². The Balaban J connectivity index is 1.97. The fraction of sp³-hybridized carbons (Fsp3) is 0.429. The van der Waals surface area contributed by atoms with E-state index < -0.39 is 0 Å². The zero-order valence-corrected chi connectivity index (χ0v) is 12.0. The lowest BCUT2D eigenvalue weighted by Gasteiger charge is -2.11. The number of carbonyl (C=O) groups is 1. The Morgan fingerprint density at radius 3 is 2.89 bits per heavy atom. The Labute approximate surface area is 116 Å². The van der Waals surface area contributed by atoms with Gasteiger partial charge in [-0.2, -0.15) is 0 Å². The van der Waals surface area contributed by atoms with Gasteiger partial charge in [-0.25, -0.2) is 0 Å². The van der Waals surface area contributed by atoms with Crippen LogP contribution in [0.2, 0.25) is 0 Å². The SMILES string of the molecule is CCC(CC)CNC(=O)c1cc(-c2cccs2)on1. The van der Waals surface area contributed by atoms with Gasteiger partial charge in [0, 0.05) is 12.6 Å². The van der Waals surface area contributed by atoms with Gasteiger partial charge in [-0.15, -0.1) is 11.3 Å². The van der Waals surface area contributed by atoms with Crippen molar-refractivity contribution >= 4 is 17.2 Å². The van der Waals surface area contributed by atoms with Gasteiger partial charge >= 0.3 is 0 Å². The number of amides is 1. The lowest BCUT2D eigenvalue weighted by Crippen LogP contribution is -2.29. The monoisotopic (exact) mass is 278 g/mol. The average molecular weight is 278 g/mol. The normalized spacial score (nSPS) is 10.9. The molecule has 1 amide bonds. The number of nitrogens with one attached hydrogen (secondary N) is 1. The number of rotatable bonds is 6. The van der Waals surface area contributed by atoms with Crippen LogP contribution >= 0.6 is 11.3 Å². The van der Waals surface area contributed by atoms with Crippen molar-refractivity contribution in [3.05, 3.63) is 29.3 Å². The number of thiophene rings is 1. The molecule has 102 valence electrons. The molecule has 5 heteroatoms. The van der Waals surface area contributed by atoms with Crippen LogP contribution in [0.15, 0.2) is 28.1 Å². The largest absolute Gasteiger partial charge is 0.355 e. The summed E-state index contributed by atoms with van der Waals surface area (Å²) in [5.74, 6) is 0.994. The minimum atomic E-state index is -0.168. The molecule has 0 bridgehead atoms. The van der Waals surface area contributed by atoms with Crippen molar-refractivity contribution in [3.63, 3.8) is 0 Å². The Morgan fingerprint density at radius 2 is 2.26 bits per heavy atom. The Kier molecular flexibility index (Phi) is 4.74. The molecule has 0 saturated carbocycles. The first-order valence-electron chi connectivity index (χ1n) is 6.53. The Bertz CT molecular complexity index is 515. The van der Waals surface area contributed by atoms with E-state index in [0.29, 0.717) is 23.9 Å². The molecule has 0 aliphatic heterocycles. The highest BCUT2D eigenvalue weighted by Gasteiger charge is 2.15. The summed E-state index contributed by atoms with van der Waals surface area (Å²) in [5.41, 5.74) is 0.342. The first-order valence-corrected chi connectivity index (χ1v) is 7.41. The molecule has 0 saturated heterocycles. The molecule has 19 heavy (non-hydrogen) atoms. The van der Waals surface area contributed by atoms with E-state index in [4.69, 9.17) is 4.52 Å². The average Bonchev–Trinajstić information content (AvgIpc) is 3.10. The van der Waals surface area contributed by atoms with Gasteiger partial charge in [-0.1, -0.05) is 37.9 Å². The maximum atomic E-state index is 11.9. The van der Waals surface area contributed by atoms with E-state index in [1.807, 2.05) is 17.5 Å². The summed E-state index contributed by atoms with van der Waals surface area (Å²) in [6.07, 6.45) is 2.13. The molecule has 0 radical (unpaired) electrons. The van der Waals surface area contributed by atoms with Gasteiger partial charge in [0.2, 0.25) is 0 Å². The number of nitrogens with zero attached hydrogens (tertiary/aromatic N) is 1. The summed E-state index contributed by atoms with van der Waals surface area (Å²) < 4.78 is 5.19. The summed E-state index contributed by atoms with van der Waals surface area (Å²) in [6.45, 7) is 4.95. The maximum absolute atomic E-state index is 11.9. The zero-order chi connectivity index (χ0) is 13.7. The van der Waals surface area contributed by atoms with Crippen molar-refractivity contribution in [1.29, 1.82) is 0 Å². The number of hydrogen-bond donors (Lipinski definition) is 1. The van der Waals surface area contributed by atoms with Crippen LogP contribution in [-0.4, -0.2) is 17.6 Å². The quantitative estimate of drug-likeness (QED) is 0.878. The van der Waals surface area contributed by atoms with Gasteiger partial charge < -0.3 is 9.84 Å². The summed E-state index contributed by atoms with van der Waals surface area (Å²) in [6, 6.07) is 5.57. The van der Waals surface area contributed by atoms with Crippen LogP contribution in [0.3, 0.4) is 0 Å². The molecule has 0 fully saturated rings. The number of carbonyl (C=O) groups excluding carboxylic acids is 1. The molecule has 0 aliphatic carbocycles. The van der Waals surface area contributed by atoms with Crippen molar-refractivity contribution in [2.45, 2.75) is 26.7 Å². The van der Waals surface area contributed by atoms with Crippen LogP contribution in [0.5, 0.6) is 0 Å². The second-order valence-corrected chi connectivity index (χ2v) is 5.39. The van der Waals surface area contributed by atoms with E-state index in [1.165, 1.54) is 0 Å². The van der Waals surface area contributed by atoms with Crippen molar-refractivity contribution in [2.75, 3.05) is 6.54 Å². The number of aromatic nitrogens is 1. The summed E-state index contributed by atoms with van der Waals surface area (Å²) >= 11 is 1.56. The van der Waals surface area contributed by atoms with Crippen molar-refractivity contribution < 1.29 is 9.32 Å². The van der Waals surface area contributed by atoms with Crippen molar-refractivity contribution in [1.82, 2.24) is 10.5 Å². The van der Waals surface area contributed by atoms with Gasteiger partial charge in [-0.05, 0) is 17.4 Å². The maximum Gasteiger partial charge on any atom is 0.273 e. The van der Waals surface area contributed by atoms with Crippen LogP contribution in [0.1, 0.15) is 37.2 Å². The molecule has 0 aromatic carbocycles. The van der Waals surface area contributed by atoms with E-state index in [-0.39, 0.29) is 5.91 Å². The molecule has 2 aromatic heterocycles. The van der Waals surface area contributed by atoms with Gasteiger partial charge in [0.05, 0.1) is 4.88 Å². The highest BCUT2D eigenvalue weighted by atomic mass is 32.1. The zero-order valence-electron chi connectivity index (χ0n) is 11.2. The Morgan fingerprint density at radius 1 is 1.47 bits per heavy atom. The Hall–Kier alpha value is -1.62. The molecule has 2 heterocycles. The molecule has 2 rings (SSSR count). The van der Waals surface area contributed by atoms with Crippen molar-refractivity contribution in [3.8, 4) is 10.6 Å². The molecular weight excluding hydrogens is 260 g/mol.